The van der Waals surface area contributed by atoms with Crippen LogP contribution in [0.1, 0.15) is 35.0 Å². The van der Waals surface area contributed by atoms with Gasteiger partial charge < -0.3 is 15.0 Å². The van der Waals surface area contributed by atoms with Gasteiger partial charge in [-0.05, 0) is 36.8 Å². The maximum atomic E-state index is 12.8. The van der Waals surface area contributed by atoms with E-state index in [-0.39, 0.29) is 12.1 Å². The van der Waals surface area contributed by atoms with Crippen molar-refractivity contribution in [3.05, 3.63) is 45.9 Å². The average Bonchev–Trinajstić information content (AvgIpc) is 3.32. The number of aromatic nitrogens is 1. The molecule has 1 N–H and O–H groups in total. The Balaban J connectivity index is 1.47. The van der Waals surface area contributed by atoms with Gasteiger partial charge in [0, 0.05) is 30.2 Å². The molecule has 1 aliphatic heterocycles. The normalized spacial score (nSPS) is 18.0. The van der Waals surface area contributed by atoms with Gasteiger partial charge in [-0.3, -0.25) is 0 Å². The van der Waals surface area contributed by atoms with Crippen molar-refractivity contribution in [2.45, 2.75) is 31.8 Å². The second-order valence-corrected chi connectivity index (χ2v) is 7.33. The molecule has 0 radical (unpaired) electrons. The third-order valence-electron chi connectivity index (χ3n) is 4.82. The molecule has 2 heterocycles. The zero-order valence-electron chi connectivity index (χ0n) is 13.7. The van der Waals surface area contributed by atoms with E-state index in [1.165, 1.54) is 24.0 Å². The third kappa shape index (κ3) is 2.98. The lowest BCUT2D eigenvalue weighted by molar-refractivity contribution is 0.186. The molecule has 24 heavy (non-hydrogen) atoms. The Hall–Kier alpha value is -2.08. The first-order valence-electron chi connectivity index (χ1n) is 8.36. The number of amides is 2. The Bertz CT molecular complexity index is 728. The zero-order chi connectivity index (χ0) is 16.5. The van der Waals surface area contributed by atoms with Gasteiger partial charge in [0.2, 0.25) is 0 Å². The van der Waals surface area contributed by atoms with Crippen molar-refractivity contribution in [3.8, 4) is 5.75 Å². The van der Waals surface area contributed by atoms with Crippen LogP contribution in [-0.4, -0.2) is 29.6 Å². The summed E-state index contributed by atoms with van der Waals surface area (Å²) in [5.74, 6) is 1.46. The molecular weight excluding hydrogens is 322 g/mol. The fourth-order valence-electron chi connectivity index (χ4n) is 3.36. The summed E-state index contributed by atoms with van der Waals surface area (Å²) in [6, 6.07) is 6.12. The molecule has 1 atom stereocenters. The summed E-state index contributed by atoms with van der Waals surface area (Å²) in [6.07, 6.45) is 4.98. The second kappa shape index (κ2) is 6.43. The molecule has 1 saturated carbocycles. The van der Waals surface area contributed by atoms with Crippen molar-refractivity contribution in [2.75, 3.05) is 13.7 Å². The molecular formula is C18H21N3O2S. The van der Waals surface area contributed by atoms with Crippen LogP contribution in [0, 0.1) is 5.92 Å². The molecule has 1 fully saturated rings. The Morgan fingerprint density at radius 3 is 3.04 bits per heavy atom. The smallest absolute Gasteiger partial charge is 0.318 e. The molecule has 1 aliphatic carbocycles. The van der Waals surface area contributed by atoms with Crippen molar-refractivity contribution in [1.82, 2.24) is 15.2 Å². The number of thiazole rings is 1. The van der Waals surface area contributed by atoms with Crippen molar-refractivity contribution >= 4 is 17.4 Å². The van der Waals surface area contributed by atoms with Crippen molar-refractivity contribution in [3.63, 3.8) is 0 Å². The third-order valence-corrected chi connectivity index (χ3v) is 5.68. The predicted octanol–water partition coefficient (Wildman–Crippen LogP) is 3.37. The molecule has 1 aromatic heterocycles. The number of nitrogens with one attached hydrogen (secondary N) is 1. The molecule has 0 bridgehead atoms. The first kappa shape index (κ1) is 15.4. The molecule has 4 rings (SSSR count). The van der Waals surface area contributed by atoms with E-state index in [0.29, 0.717) is 19.0 Å². The lowest BCUT2D eigenvalue weighted by atomic mass is 9.99. The molecule has 1 aromatic carbocycles. The van der Waals surface area contributed by atoms with Gasteiger partial charge in [-0.15, -0.1) is 11.3 Å². The summed E-state index contributed by atoms with van der Waals surface area (Å²) in [6.45, 7) is 1.35. The van der Waals surface area contributed by atoms with Crippen LogP contribution in [-0.2, 0) is 13.0 Å². The molecule has 0 saturated heterocycles. The number of benzene rings is 1. The number of ether oxygens (including phenoxy) is 1. The summed E-state index contributed by atoms with van der Waals surface area (Å²) in [5, 5.41) is 6.21. The molecule has 0 spiro atoms. The number of nitrogens with zero attached hydrogens (tertiary/aromatic N) is 2. The topological polar surface area (TPSA) is 54.5 Å². The number of methoxy groups -OCH3 is 1. The van der Waals surface area contributed by atoms with Gasteiger partial charge in [-0.1, -0.05) is 12.1 Å². The fraction of sp³-hybridized carbons (Fsp3) is 0.444. The van der Waals surface area contributed by atoms with E-state index in [0.717, 1.165) is 17.2 Å². The highest BCUT2D eigenvalue weighted by atomic mass is 32.1. The summed E-state index contributed by atoms with van der Waals surface area (Å²) in [7, 11) is 1.70. The summed E-state index contributed by atoms with van der Waals surface area (Å²) >= 11 is 1.62. The van der Waals surface area contributed by atoms with Crippen LogP contribution in [0.5, 0.6) is 5.75 Å². The Morgan fingerprint density at radius 2 is 2.33 bits per heavy atom. The molecule has 5 nitrogen and oxygen atoms in total. The number of hydrogen-bond acceptors (Lipinski definition) is 4. The van der Waals surface area contributed by atoms with Crippen LogP contribution in [0.15, 0.2) is 29.8 Å². The SMILES string of the molecule is COc1cccc2c1CCN(C(=O)N[C@@H](c1nccs1)C1CC1)C2. The van der Waals surface area contributed by atoms with Gasteiger partial charge in [-0.25, -0.2) is 9.78 Å². The lowest BCUT2D eigenvalue weighted by Gasteiger charge is -2.31. The highest BCUT2D eigenvalue weighted by Gasteiger charge is 2.36. The average molecular weight is 343 g/mol. The van der Waals surface area contributed by atoms with Gasteiger partial charge in [0.05, 0.1) is 13.2 Å². The number of hydrogen-bond donors (Lipinski definition) is 1. The molecule has 2 aromatic rings. The predicted molar refractivity (Wildman–Crippen MR) is 93.2 cm³/mol. The van der Waals surface area contributed by atoms with Crippen molar-refractivity contribution in [2.24, 2.45) is 5.92 Å². The van der Waals surface area contributed by atoms with Crippen LogP contribution in [0.3, 0.4) is 0 Å². The zero-order valence-corrected chi connectivity index (χ0v) is 14.5. The monoisotopic (exact) mass is 343 g/mol. The van der Waals surface area contributed by atoms with E-state index in [4.69, 9.17) is 4.74 Å². The molecule has 0 unspecified atom stereocenters. The van der Waals surface area contributed by atoms with Crippen molar-refractivity contribution < 1.29 is 9.53 Å². The van der Waals surface area contributed by atoms with E-state index in [9.17, 15) is 4.79 Å². The van der Waals surface area contributed by atoms with Gasteiger partial charge >= 0.3 is 6.03 Å². The molecule has 126 valence electrons. The van der Waals surface area contributed by atoms with Crippen molar-refractivity contribution in [1.29, 1.82) is 0 Å². The molecule has 2 amide bonds. The number of carbonyl (C=O) groups is 1. The summed E-state index contributed by atoms with van der Waals surface area (Å²) < 4.78 is 5.44. The highest BCUT2D eigenvalue weighted by Crippen LogP contribution is 2.41. The van der Waals surface area contributed by atoms with E-state index >= 15 is 0 Å². The van der Waals surface area contributed by atoms with Crippen LogP contribution in [0.2, 0.25) is 0 Å². The molecule has 6 heteroatoms. The Morgan fingerprint density at radius 1 is 1.46 bits per heavy atom. The quantitative estimate of drug-likeness (QED) is 0.926. The van der Waals surface area contributed by atoms with E-state index < -0.39 is 0 Å². The first-order valence-corrected chi connectivity index (χ1v) is 9.24. The Labute approximate surface area is 145 Å². The lowest BCUT2D eigenvalue weighted by Crippen LogP contribution is -2.44. The van der Waals surface area contributed by atoms with Crippen LogP contribution < -0.4 is 10.1 Å². The van der Waals surface area contributed by atoms with Crippen LogP contribution in [0.4, 0.5) is 4.79 Å². The minimum atomic E-state index is 0.00979. The maximum absolute atomic E-state index is 12.8. The molecule has 2 aliphatic rings. The largest absolute Gasteiger partial charge is 0.496 e. The van der Waals surface area contributed by atoms with Gasteiger partial charge in [-0.2, -0.15) is 0 Å². The Kier molecular flexibility index (Phi) is 4.14. The van der Waals surface area contributed by atoms with Crippen LogP contribution in [0.25, 0.3) is 0 Å². The van der Waals surface area contributed by atoms with E-state index in [2.05, 4.69) is 16.4 Å². The number of rotatable bonds is 4. The summed E-state index contributed by atoms with van der Waals surface area (Å²) in [5.41, 5.74) is 2.40. The number of carbonyl (C=O) groups excluding carboxylic acids is 1. The number of fused-ring (bicyclic) bond motifs is 1. The maximum Gasteiger partial charge on any atom is 0.318 e. The van der Waals surface area contributed by atoms with E-state index in [1.54, 1.807) is 18.4 Å². The van der Waals surface area contributed by atoms with Gasteiger partial charge in [0.1, 0.15) is 10.8 Å². The van der Waals surface area contributed by atoms with E-state index in [1.807, 2.05) is 28.6 Å². The standard InChI is InChI=1S/C18H21N3O2S/c1-23-15-4-2-3-13-11-21(9-7-14(13)15)18(22)20-16(12-5-6-12)17-19-8-10-24-17/h2-4,8,10,12,16H,5-7,9,11H2,1H3,(H,20,22)/t16-/m1/s1. The van der Waals surface area contributed by atoms with Gasteiger partial charge in [0.15, 0.2) is 0 Å². The van der Waals surface area contributed by atoms with Crippen LogP contribution >= 0.6 is 11.3 Å². The first-order chi connectivity index (χ1) is 11.8. The highest BCUT2D eigenvalue weighted by molar-refractivity contribution is 7.09. The minimum Gasteiger partial charge on any atom is -0.496 e. The van der Waals surface area contributed by atoms with Gasteiger partial charge in [0.25, 0.3) is 0 Å². The fourth-order valence-corrected chi connectivity index (χ4v) is 4.14. The second-order valence-electron chi connectivity index (χ2n) is 6.40. The minimum absolute atomic E-state index is 0.00979. The summed E-state index contributed by atoms with van der Waals surface area (Å²) in [4.78, 5) is 19.1. The number of urea groups is 1.